The van der Waals surface area contributed by atoms with Crippen LogP contribution in [0.15, 0.2) is 29.2 Å². The highest BCUT2D eigenvalue weighted by Crippen LogP contribution is 2.28. The number of rotatable bonds is 6. The third-order valence-corrected chi connectivity index (χ3v) is 5.26. The maximum absolute atomic E-state index is 12.2. The molecule has 1 saturated carbocycles. The minimum Gasteiger partial charge on any atom is -0.324 e. The summed E-state index contributed by atoms with van der Waals surface area (Å²) in [5, 5.41) is 0. The first-order valence-corrected chi connectivity index (χ1v) is 8.67. The van der Waals surface area contributed by atoms with Crippen molar-refractivity contribution in [2.75, 3.05) is 6.54 Å². The molecule has 3 N–H and O–H groups in total. The standard InChI is InChI=1S/C15H24N2O2S/c1-12(2)10-13-4-6-14(7-5-13)20(18,19)17-11-15(16)8-3-9-15/h4-7,12,17H,3,8-11,16H2,1-2H3. The number of nitrogens with one attached hydrogen (secondary N) is 1. The van der Waals surface area contributed by atoms with E-state index in [1.165, 1.54) is 0 Å². The molecule has 0 saturated heterocycles. The molecule has 0 aliphatic heterocycles. The zero-order chi connectivity index (χ0) is 14.8. The van der Waals surface area contributed by atoms with E-state index in [2.05, 4.69) is 18.6 Å². The van der Waals surface area contributed by atoms with Crippen LogP contribution < -0.4 is 10.5 Å². The van der Waals surface area contributed by atoms with Crippen LogP contribution in [0, 0.1) is 5.92 Å². The summed E-state index contributed by atoms with van der Waals surface area (Å²) in [6, 6.07) is 7.11. The fourth-order valence-corrected chi connectivity index (χ4v) is 3.54. The van der Waals surface area contributed by atoms with Crippen molar-refractivity contribution in [1.29, 1.82) is 0 Å². The Bertz CT molecular complexity index is 546. The van der Waals surface area contributed by atoms with E-state index >= 15 is 0 Å². The maximum atomic E-state index is 12.2. The Morgan fingerprint density at radius 1 is 1.25 bits per heavy atom. The lowest BCUT2D eigenvalue weighted by molar-refractivity contribution is 0.251. The minimum absolute atomic E-state index is 0.313. The van der Waals surface area contributed by atoms with Gasteiger partial charge in [-0.25, -0.2) is 13.1 Å². The molecule has 0 unspecified atom stereocenters. The van der Waals surface area contributed by atoms with Crippen LogP contribution in [0.4, 0.5) is 0 Å². The Morgan fingerprint density at radius 3 is 2.30 bits per heavy atom. The van der Waals surface area contributed by atoms with E-state index < -0.39 is 10.0 Å². The summed E-state index contributed by atoms with van der Waals surface area (Å²) in [5.74, 6) is 0.561. The summed E-state index contributed by atoms with van der Waals surface area (Å²) in [6.45, 7) is 4.61. The van der Waals surface area contributed by atoms with Crippen LogP contribution in [-0.4, -0.2) is 20.5 Å². The van der Waals surface area contributed by atoms with Gasteiger partial charge in [0.05, 0.1) is 4.90 Å². The summed E-state index contributed by atoms with van der Waals surface area (Å²) in [7, 11) is -3.44. The highest BCUT2D eigenvalue weighted by Gasteiger charge is 2.33. The molecule has 112 valence electrons. The van der Waals surface area contributed by atoms with Gasteiger partial charge in [0.25, 0.3) is 0 Å². The number of sulfonamides is 1. The molecule has 1 fully saturated rings. The predicted octanol–water partition coefficient (Wildman–Crippen LogP) is 2.04. The van der Waals surface area contributed by atoms with E-state index in [4.69, 9.17) is 5.73 Å². The predicted molar refractivity (Wildman–Crippen MR) is 80.9 cm³/mol. The lowest BCUT2D eigenvalue weighted by Crippen LogP contribution is -2.54. The molecule has 5 heteroatoms. The topological polar surface area (TPSA) is 72.2 Å². The van der Waals surface area contributed by atoms with Gasteiger partial charge in [0.1, 0.15) is 0 Å². The molecule has 0 amide bonds. The molecule has 0 heterocycles. The second-order valence-electron chi connectivity index (χ2n) is 6.28. The van der Waals surface area contributed by atoms with Gasteiger partial charge < -0.3 is 5.73 Å². The van der Waals surface area contributed by atoms with Crippen molar-refractivity contribution in [2.24, 2.45) is 11.7 Å². The van der Waals surface area contributed by atoms with Crippen molar-refractivity contribution in [3.63, 3.8) is 0 Å². The molecular formula is C15H24N2O2S. The summed E-state index contributed by atoms with van der Waals surface area (Å²) in [4.78, 5) is 0.313. The van der Waals surface area contributed by atoms with Gasteiger partial charge in [0, 0.05) is 12.1 Å². The van der Waals surface area contributed by atoms with E-state index in [0.29, 0.717) is 17.4 Å². The molecule has 1 aromatic carbocycles. The third-order valence-electron chi connectivity index (χ3n) is 3.84. The smallest absolute Gasteiger partial charge is 0.240 e. The summed E-state index contributed by atoms with van der Waals surface area (Å²) < 4.78 is 27.0. The van der Waals surface area contributed by atoms with Gasteiger partial charge in [-0.15, -0.1) is 0 Å². The normalized spacial score (nSPS) is 18.0. The Morgan fingerprint density at radius 2 is 1.85 bits per heavy atom. The lowest BCUT2D eigenvalue weighted by Gasteiger charge is -2.38. The molecule has 4 nitrogen and oxygen atoms in total. The molecule has 1 aliphatic carbocycles. The van der Waals surface area contributed by atoms with Gasteiger partial charge in [-0.1, -0.05) is 26.0 Å². The highest BCUT2D eigenvalue weighted by atomic mass is 32.2. The average molecular weight is 296 g/mol. The molecule has 20 heavy (non-hydrogen) atoms. The number of nitrogens with two attached hydrogens (primary N) is 1. The van der Waals surface area contributed by atoms with E-state index in [1.807, 2.05) is 12.1 Å². The molecular weight excluding hydrogens is 272 g/mol. The largest absolute Gasteiger partial charge is 0.324 e. The fraction of sp³-hybridized carbons (Fsp3) is 0.600. The van der Waals surface area contributed by atoms with Gasteiger partial charge in [0.15, 0.2) is 0 Å². The van der Waals surface area contributed by atoms with Gasteiger partial charge in [-0.3, -0.25) is 0 Å². The second kappa shape index (κ2) is 5.84. The molecule has 0 atom stereocenters. The van der Waals surface area contributed by atoms with Gasteiger partial charge in [-0.2, -0.15) is 0 Å². The van der Waals surface area contributed by atoms with Crippen molar-refractivity contribution in [3.05, 3.63) is 29.8 Å². The van der Waals surface area contributed by atoms with E-state index in [9.17, 15) is 8.42 Å². The molecule has 0 aromatic heterocycles. The maximum Gasteiger partial charge on any atom is 0.240 e. The summed E-state index contributed by atoms with van der Waals surface area (Å²) in [5.41, 5.74) is 6.86. The quantitative estimate of drug-likeness (QED) is 0.844. The first-order valence-electron chi connectivity index (χ1n) is 7.18. The van der Waals surface area contributed by atoms with Crippen molar-refractivity contribution < 1.29 is 8.42 Å². The van der Waals surface area contributed by atoms with Gasteiger partial charge in [-0.05, 0) is 49.3 Å². The zero-order valence-electron chi connectivity index (χ0n) is 12.2. The van der Waals surface area contributed by atoms with Gasteiger partial charge >= 0.3 is 0 Å². The first kappa shape index (κ1) is 15.5. The van der Waals surface area contributed by atoms with Crippen LogP contribution in [0.25, 0.3) is 0 Å². The minimum atomic E-state index is -3.44. The summed E-state index contributed by atoms with van der Waals surface area (Å²) >= 11 is 0. The van der Waals surface area contributed by atoms with E-state index in [1.54, 1.807) is 12.1 Å². The zero-order valence-corrected chi connectivity index (χ0v) is 13.0. The van der Waals surface area contributed by atoms with Crippen LogP contribution >= 0.6 is 0 Å². The third kappa shape index (κ3) is 3.81. The monoisotopic (exact) mass is 296 g/mol. The lowest BCUT2D eigenvalue weighted by atomic mass is 9.78. The van der Waals surface area contributed by atoms with Crippen LogP contribution in [0.3, 0.4) is 0 Å². The van der Waals surface area contributed by atoms with Crippen LogP contribution in [-0.2, 0) is 16.4 Å². The number of hydrogen-bond donors (Lipinski definition) is 2. The van der Waals surface area contributed by atoms with E-state index in [0.717, 1.165) is 31.2 Å². The summed E-state index contributed by atoms with van der Waals surface area (Å²) in [6.07, 6.45) is 3.83. The number of hydrogen-bond acceptors (Lipinski definition) is 3. The number of benzene rings is 1. The highest BCUT2D eigenvalue weighted by molar-refractivity contribution is 7.89. The molecule has 0 bridgehead atoms. The second-order valence-corrected chi connectivity index (χ2v) is 8.05. The van der Waals surface area contributed by atoms with Crippen molar-refractivity contribution in [2.45, 2.75) is 50.0 Å². The van der Waals surface area contributed by atoms with Crippen molar-refractivity contribution in [3.8, 4) is 0 Å². The Labute approximate surface area is 121 Å². The molecule has 2 rings (SSSR count). The average Bonchev–Trinajstić information content (AvgIpc) is 2.34. The molecule has 0 spiro atoms. The SMILES string of the molecule is CC(C)Cc1ccc(S(=O)(=O)NCC2(N)CCC2)cc1. The van der Waals surface area contributed by atoms with Crippen LogP contribution in [0.5, 0.6) is 0 Å². The van der Waals surface area contributed by atoms with E-state index in [-0.39, 0.29) is 5.54 Å². The molecule has 0 radical (unpaired) electrons. The Hall–Kier alpha value is -0.910. The molecule has 1 aliphatic rings. The van der Waals surface area contributed by atoms with Crippen molar-refractivity contribution in [1.82, 2.24) is 4.72 Å². The Balaban J connectivity index is 2.01. The van der Waals surface area contributed by atoms with Crippen LogP contribution in [0.2, 0.25) is 0 Å². The Kier molecular flexibility index (Phi) is 4.52. The van der Waals surface area contributed by atoms with Gasteiger partial charge in [0.2, 0.25) is 10.0 Å². The van der Waals surface area contributed by atoms with Crippen molar-refractivity contribution >= 4 is 10.0 Å². The van der Waals surface area contributed by atoms with Crippen LogP contribution in [0.1, 0.15) is 38.7 Å². The first-order chi connectivity index (χ1) is 9.31. The fourth-order valence-electron chi connectivity index (χ4n) is 2.41. The molecule has 1 aromatic rings.